The number of aromatic nitrogens is 2. The molecule has 0 spiro atoms. The van der Waals surface area contributed by atoms with Gasteiger partial charge in [0.05, 0.1) is 5.69 Å². The average Bonchev–Trinajstić information content (AvgIpc) is 2.70. The molecular formula is C11H21N3O. The summed E-state index contributed by atoms with van der Waals surface area (Å²) in [7, 11) is 1.74. The van der Waals surface area contributed by atoms with Gasteiger partial charge in [-0.1, -0.05) is 0 Å². The Morgan fingerprint density at radius 1 is 1.47 bits per heavy atom. The van der Waals surface area contributed by atoms with Gasteiger partial charge in [-0.3, -0.25) is 4.68 Å². The first-order chi connectivity index (χ1) is 7.38. The third-order valence-corrected chi connectivity index (χ3v) is 2.36. The lowest BCUT2D eigenvalue weighted by Crippen LogP contribution is -2.18. The Morgan fingerprint density at radius 2 is 2.33 bits per heavy atom. The Hall–Kier alpha value is -0.870. The first-order valence-corrected chi connectivity index (χ1v) is 5.58. The van der Waals surface area contributed by atoms with Crippen molar-refractivity contribution in [3.05, 3.63) is 18.0 Å². The summed E-state index contributed by atoms with van der Waals surface area (Å²) < 4.78 is 7.00. The summed E-state index contributed by atoms with van der Waals surface area (Å²) in [5.74, 6) is 0. The molecule has 0 radical (unpaired) electrons. The Labute approximate surface area is 91.6 Å². The molecule has 1 N–H and O–H groups in total. The number of methoxy groups -OCH3 is 1. The predicted octanol–water partition coefficient (Wildman–Crippen LogP) is 1.42. The molecule has 1 heterocycles. The molecule has 86 valence electrons. The highest BCUT2D eigenvalue weighted by molar-refractivity contribution is 4.99. The molecular weight excluding hydrogens is 190 g/mol. The molecule has 0 saturated heterocycles. The Balaban J connectivity index is 2.09. The fraction of sp³-hybridized carbons (Fsp3) is 0.727. The van der Waals surface area contributed by atoms with Crippen molar-refractivity contribution in [2.24, 2.45) is 0 Å². The van der Waals surface area contributed by atoms with Crippen LogP contribution in [0.1, 0.15) is 25.5 Å². The van der Waals surface area contributed by atoms with Gasteiger partial charge in [-0.2, -0.15) is 5.10 Å². The molecule has 1 aromatic rings. The highest BCUT2D eigenvalue weighted by atomic mass is 16.5. The van der Waals surface area contributed by atoms with Crippen molar-refractivity contribution < 1.29 is 4.74 Å². The number of hydrogen-bond acceptors (Lipinski definition) is 3. The van der Waals surface area contributed by atoms with Crippen LogP contribution in [-0.2, 0) is 17.8 Å². The second kappa shape index (κ2) is 7.43. The standard InChI is InChI=1S/C11H21N3O/c1-3-14-11(6-8-13-14)10-12-7-4-5-9-15-2/h6,8,12H,3-5,7,9-10H2,1-2H3. The van der Waals surface area contributed by atoms with Crippen LogP contribution in [0.25, 0.3) is 0 Å². The second-order valence-corrected chi connectivity index (χ2v) is 3.51. The van der Waals surface area contributed by atoms with Crippen molar-refractivity contribution in [2.75, 3.05) is 20.3 Å². The fourth-order valence-corrected chi connectivity index (χ4v) is 1.51. The molecule has 4 heteroatoms. The molecule has 0 aliphatic rings. The topological polar surface area (TPSA) is 39.1 Å². The number of nitrogens with one attached hydrogen (secondary N) is 1. The normalized spacial score (nSPS) is 10.8. The number of ether oxygens (including phenoxy) is 1. The lowest BCUT2D eigenvalue weighted by Gasteiger charge is -2.06. The molecule has 0 bridgehead atoms. The van der Waals surface area contributed by atoms with Gasteiger partial charge in [0.1, 0.15) is 0 Å². The minimum atomic E-state index is 0.856. The number of hydrogen-bond donors (Lipinski definition) is 1. The van der Waals surface area contributed by atoms with E-state index in [1.807, 2.05) is 10.9 Å². The van der Waals surface area contributed by atoms with Gasteiger partial charge in [0.15, 0.2) is 0 Å². The molecule has 15 heavy (non-hydrogen) atoms. The van der Waals surface area contributed by atoms with Crippen molar-refractivity contribution >= 4 is 0 Å². The van der Waals surface area contributed by atoms with E-state index in [4.69, 9.17) is 4.74 Å². The molecule has 0 atom stereocenters. The number of unbranched alkanes of at least 4 members (excludes halogenated alkanes) is 1. The van der Waals surface area contributed by atoms with E-state index in [-0.39, 0.29) is 0 Å². The van der Waals surface area contributed by atoms with E-state index in [1.54, 1.807) is 7.11 Å². The van der Waals surface area contributed by atoms with Gasteiger partial charge in [-0.05, 0) is 32.4 Å². The summed E-state index contributed by atoms with van der Waals surface area (Å²) in [6.45, 7) is 5.84. The number of nitrogens with zero attached hydrogens (tertiary/aromatic N) is 2. The molecule has 4 nitrogen and oxygen atoms in total. The smallest absolute Gasteiger partial charge is 0.0521 e. The molecule has 1 rings (SSSR count). The van der Waals surface area contributed by atoms with Crippen molar-refractivity contribution in [2.45, 2.75) is 32.9 Å². The first-order valence-electron chi connectivity index (χ1n) is 5.58. The van der Waals surface area contributed by atoms with E-state index in [0.717, 1.165) is 39.1 Å². The van der Waals surface area contributed by atoms with Crippen LogP contribution in [0.5, 0.6) is 0 Å². The van der Waals surface area contributed by atoms with Crippen molar-refractivity contribution in [1.29, 1.82) is 0 Å². The van der Waals surface area contributed by atoms with E-state index in [1.165, 1.54) is 5.69 Å². The van der Waals surface area contributed by atoms with Crippen LogP contribution in [-0.4, -0.2) is 30.0 Å². The summed E-state index contributed by atoms with van der Waals surface area (Å²) in [6, 6.07) is 2.06. The van der Waals surface area contributed by atoms with Crippen molar-refractivity contribution in [3.63, 3.8) is 0 Å². The van der Waals surface area contributed by atoms with Gasteiger partial charge >= 0.3 is 0 Å². The van der Waals surface area contributed by atoms with E-state index < -0.39 is 0 Å². The third-order valence-electron chi connectivity index (χ3n) is 2.36. The van der Waals surface area contributed by atoms with E-state index in [9.17, 15) is 0 Å². The lowest BCUT2D eigenvalue weighted by atomic mass is 10.3. The Morgan fingerprint density at radius 3 is 3.07 bits per heavy atom. The summed E-state index contributed by atoms with van der Waals surface area (Å²) in [5, 5.41) is 7.62. The molecule has 1 aromatic heterocycles. The molecule has 0 aliphatic carbocycles. The van der Waals surface area contributed by atoms with Crippen LogP contribution in [0.15, 0.2) is 12.3 Å². The quantitative estimate of drug-likeness (QED) is 0.661. The maximum Gasteiger partial charge on any atom is 0.0521 e. The SMILES string of the molecule is CCn1nccc1CNCCCCOC. The largest absolute Gasteiger partial charge is 0.385 e. The zero-order valence-corrected chi connectivity index (χ0v) is 9.70. The second-order valence-electron chi connectivity index (χ2n) is 3.51. The molecule has 0 fully saturated rings. The van der Waals surface area contributed by atoms with Crippen molar-refractivity contribution in [1.82, 2.24) is 15.1 Å². The summed E-state index contributed by atoms with van der Waals surface area (Å²) in [5.41, 5.74) is 1.25. The zero-order valence-electron chi connectivity index (χ0n) is 9.70. The maximum atomic E-state index is 4.99. The molecule has 0 unspecified atom stereocenters. The predicted molar refractivity (Wildman–Crippen MR) is 60.7 cm³/mol. The van der Waals surface area contributed by atoms with Gasteiger partial charge in [0, 0.05) is 33.0 Å². The fourth-order valence-electron chi connectivity index (χ4n) is 1.51. The van der Waals surface area contributed by atoms with Crippen LogP contribution >= 0.6 is 0 Å². The van der Waals surface area contributed by atoms with E-state index in [0.29, 0.717) is 0 Å². The Kier molecular flexibility index (Phi) is 6.04. The average molecular weight is 211 g/mol. The van der Waals surface area contributed by atoms with E-state index >= 15 is 0 Å². The summed E-state index contributed by atoms with van der Waals surface area (Å²) >= 11 is 0. The molecule has 0 aromatic carbocycles. The van der Waals surface area contributed by atoms with Crippen LogP contribution < -0.4 is 5.32 Å². The van der Waals surface area contributed by atoms with Crippen LogP contribution in [0.3, 0.4) is 0 Å². The molecule has 0 saturated carbocycles. The summed E-state index contributed by atoms with van der Waals surface area (Å²) in [6.07, 6.45) is 4.13. The van der Waals surface area contributed by atoms with Crippen LogP contribution in [0.4, 0.5) is 0 Å². The minimum Gasteiger partial charge on any atom is -0.385 e. The summed E-state index contributed by atoms with van der Waals surface area (Å²) in [4.78, 5) is 0. The molecule has 0 aliphatic heterocycles. The lowest BCUT2D eigenvalue weighted by molar-refractivity contribution is 0.192. The van der Waals surface area contributed by atoms with Gasteiger partial charge in [-0.15, -0.1) is 0 Å². The maximum absolute atomic E-state index is 4.99. The third kappa shape index (κ3) is 4.44. The van der Waals surface area contributed by atoms with Crippen molar-refractivity contribution in [3.8, 4) is 0 Å². The van der Waals surface area contributed by atoms with Crippen LogP contribution in [0.2, 0.25) is 0 Å². The van der Waals surface area contributed by atoms with Gasteiger partial charge in [-0.25, -0.2) is 0 Å². The highest BCUT2D eigenvalue weighted by Crippen LogP contribution is 1.98. The van der Waals surface area contributed by atoms with Gasteiger partial charge in [0.2, 0.25) is 0 Å². The first kappa shape index (κ1) is 12.2. The highest BCUT2D eigenvalue weighted by Gasteiger charge is 1.98. The molecule has 0 amide bonds. The van der Waals surface area contributed by atoms with E-state index in [2.05, 4.69) is 23.4 Å². The Bertz CT molecular complexity index is 260. The number of rotatable bonds is 8. The minimum absolute atomic E-state index is 0.856. The van der Waals surface area contributed by atoms with Crippen LogP contribution in [0, 0.1) is 0 Å². The number of aryl methyl sites for hydroxylation is 1. The van der Waals surface area contributed by atoms with Gasteiger partial charge in [0.25, 0.3) is 0 Å². The van der Waals surface area contributed by atoms with Gasteiger partial charge < -0.3 is 10.1 Å². The monoisotopic (exact) mass is 211 g/mol. The zero-order chi connectivity index (χ0) is 10.9.